The number of hydrogen-bond acceptors (Lipinski definition) is 5. The minimum atomic E-state index is -0.479. The zero-order valence-electron chi connectivity index (χ0n) is 15.9. The average molecular weight is 395 g/mol. The first-order chi connectivity index (χ1) is 14.0. The molecule has 2 aromatic rings. The summed E-state index contributed by atoms with van der Waals surface area (Å²) < 4.78 is 5.40. The highest BCUT2D eigenvalue weighted by molar-refractivity contribution is 5.98. The summed E-state index contributed by atoms with van der Waals surface area (Å²) in [6, 6.07) is 12.9. The van der Waals surface area contributed by atoms with Gasteiger partial charge in [-0.1, -0.05) is 0 Å². The van der Waals surface area contributed by atoms with Gasteiger partial charge in [0.1, 0.15) is 5.75 Å². The van der Waals surface area contributed by atoms with Gasteiger partial charge < -0.3 is 15.0 Å². The largest absolute Gasteiger partial charge is 0.494 e. The number of carbonyl (C=O) groups excluding carboxylic acids is 2. The standard InChI is InChI=1S/C21H21N3O5/c1-2-29-19-10-8-17(9-11-19)23-14-16(13-21(23)26)22-20(25)12-5-15-3-6-18(7-4-15)24(27)28/h3-12,16H,2,13-14H2,1H3,(H,22,25)/b12-5+. The van der Waals surface area contributed by atoms with Gasteiger partial charge in [0.2, 0.25) is 11.8 Å². The molecule has 1 fully saturated rings. The molecular weight excluding hydrogens is 374 g/mol. The Morgan fingerprint density at radius 1 is 1.24 bits per heavy atom. The van der Waals surface area contributed by atoms with Crippen molar-refractivity contribution in [3.8, 4) is 5.75 Å². The van der Waals surface area contributed by atoms with Crippen molar-refractivity contribution in [2.24, 2.45) is 0 Å². The highest BCUT2D eigenvalue weighted by Gasteiger charge is 2.31. The van der Waals surface area contributed by atoms with Crippen molar-refractivity contribution >= 4 is 29.3 Å². The maximum absolute atomic E-state index is 12.3. The van der Waals surface area contributed by atoms with Crippen LogP contribution in [0.3, 0.4) is 0 Å². The average Bonchev–Trinajstić information content (AvgIpc) is 3.07. The summed E-state index contributed by atoms with van der Waals surface area (Å²) in [7, 11) is 0. The number of nitrogens with zero attached hydrogens (tertiary/aromatic N) is 2. The number of ether oxygens (including phenoxy) is 1. The third kappa shape index (κ3) is 5.19. The Morgan fingerprint density at radius 2 is 1.93 bits per heavy atom. The van der Waals surface area contributed by atoms with Gasteiger partial charge in [0.25, 0.3) is 5.69 Å². The Hall–Kier alpha value is -3.68. The number of nitro groups is 1. The molecule has 0 spiro atoms. The van der Waals surface area contributed by atoms with E-state index >= 15 is 0 Å². The molecule has 1 N–H and O–H groups in total. The summed E-state index contributed by atoms with van der Waals surface area (Å²) in [6.07, 6.45) is 3.15. The number of nitrogens with one attached hydrogen (secondary N) is 1. The number of hydrogen-bond donors (Lipinski definition) is 1. The molecule has 2 amide bonds. The van der Waals surface area contributed by atoms with Gasteiger partial charge in [-0.3, -0.25) is 19.7 Å². The van der Waals surface area contributed by atoms with Crippen LogP contribution in [0.1, 0.15) is 18.9 Å². The molecule has 1 heterocycles. The van der Waals surface area contributed by atoms with Crippen LogP contribution in [0.15, 0.2) is 54.6 Å². The van der Waals surface area contributed by atoms with Gasteiger partial charge in [0.15, 0.2) is 0 Å². The summed E-state index contributed by atoms with van der Waals surface area (Å²) in [6.45, 7) is 2.87. The van der Waals surface area contributed by atoms with Crippen LogP contribution in [0.5, 0.6) is 5.75 Å². The van der Waals surface area contributed by atoms with E-state index in [0.29, 0.717) is 18.7 Å². The summed E-state index contributed by atoms with van der Waals surface area (Å²) in [5.74, 6) is 0.359. The predicted octanol–water partition coefficient (Wildman–Crippen LogP) is 2.93. The zero-order valence-corrected chi connectivity index (χ0v) is 15.9. The second-order valence-electron chi connectivity index (χ2n) is 6.52. The fourth-order valence-corrected chi connectivity index (χ4v) is 3.07. The van der Waals surface area contributed by atoms with Crippen molar-refractivity contribution in [1.82, 2.24) is 5.32 Å². The summed E-state index contributed by atoms with van der Waals surface area (Å²) in [5.41, 5.74) is 1.42. The Bertz CT molecular complexity index is 922. The number of nitro benzene ring substituents is 1. The van der Waals surface area contributed by atoms with E-state index in [-0.39, 0.29) is 30.0 Å². The van der Waals surface area contributed by atoms with E-state index in [4.69, 9.17) is 4.74 Å². The van der Waals surface area contributed by atoms with E-state index < -0.39 is 4.92 Å². The molecular formula is C21H21N3O5. The zero-order chi connectivity index (χ0) is 20.8. The monoisotopic (exact) mass is 395 g/mol. The fraction of sp³-hybridized carbons (Fsp3) is 0.238. The van der Waals surface area contributed by atoms with E-state index in [1.807, 2.05) is 31.2 Å². The molecule has 0 aromatic heterocycles. The van der Waals surface area contributed by atoms with Crippen molar-refractivity contribution in [1.29, 1.82) is 0 Å². The van der Waals surface area contributed by atoms with Crippen molar-refractivity contribution in [3.63, 3.8) is 0 Å². The van der Waals surface area contributed by atoms with Crippen molar-refractivity contribution in [2.75, 3.05) is 18.1 Å². The molecule has 150 valence electrons. The number of carbonyl (C=O) groups is 2. The first-order valence-corrected chi connectivity index (χ1v) is 9.22. The second kappa shape index (κ2) is 9.01. The highest BCUT2D eigenvalue weighted by Crippen LogP contribution is 2.24. The van der Waals surface area contributed by atoms with Crippen LogP contribution in [0.25, 0.3) is 6.08 Å². The number of rotatable bonds is 7. The van der Waals surface area contributed by atoms with Crippen LogP contribution in [-0.2, 0) is 9.59 Å². The van der Waals surface area contributed by atoms with E-state index in [2.05, 4.69) is 5.32 Å². The maximum atomic E-state index is 12.3. The van der Waals surface area contributed by atoms with Crippen LogP contribution in [0, 0.1) is 10.1 Å². The quantitative estimate of drug-likeness (QED) is 0.441. The lowest BCUT2D eigenvalue weighted by Gasteiger charge is -2.17. The van der Waals surface area contributed by atoms with Crippen LogP contribution in [0.2, 0.25) is 0 Å². The summed E-state index contributed by atoms with van der Waals surface area (Å²) in [4.78, 5) is 36.3. The molecule has 0 radical (unpaired) electrons. The number of anilines is 1. The summed E-state index contributed by atoms with van der Waals surface area (Å²) in [5, 5.41) is 13.5. The van der Waals surface area contributed by atoms with Crippen molar-refractivity contribution < 1.29 is 19.2 Å². The minimum Gasteiger partial charge on any atom is -0.494 e. The van der Waals surface area contributed by atoms with Crippen LogP contribution >= 0.6 is 0 Å². The second-order valence-corrected chi connectivity index (χ2v) is 6.52. The van der Waals surface area contributed by atoms with E-state index in [1.165, 1.54) is 18.2 Å². The molecule has 0 bridgehead atoms. The van der Waals surface area contributed by atoms with Crippen LogP contribution < -0.4 is 15.0 Å². The van der Waals surface area contributed by atoms with Crippen LogP contribution in [-0.4, -0.2) is 35.9 Å². The highest BCUT2D eigenvalue weighted by atomic mass is 16.6. The summed E-state index contributed by atoms with van der Waals surface area (Å²) >= 11 is 0. The maximum Gasteiger partial charge on any atom is 0.269 e. The minimum absolute atomic E-state index is 0.00884. The first kappa shape index (κ1) is 20.1. The van der Waals surface area contributed by atoms with Gasteiger partial charge in [-0.15, -0.1) is 0 Å². The van der Waals surface area contributed by atoms with Crippen LogP contribution in [0.4, 0.5) is 11.4 Å². The van der Waals surface area contributed by atoms with Gasteiger partial charge in [-0.25, -0.2) is 0 Å². The van der Waals surface area contributed by atoms with Crippen molar-refractivity contribution in [2.45, 2.75) is 19.4 Å². The van der Waals surface area contributed by atoms with Gasteiger partial charge in [0.05, 0.1) is 17.6 Å². The lowest BCUT2D eigenvalue weighted by molar-refractivity contribution is -0.384. The van der Waals surface area contributed by atoms with Gasteiger partial charge in [-0.2, -0.15) is 0 Å². The Kier molecular flexibility index (Phi) is 6.23. The van der Waals surface area contributed by atoms with Gasteiger partial charge in [0, 0.05) is 36.9 Å². The van der Waals surface area contributed by atoms with E-state index in [0.717, 1.165) is 11.4 Å². The molecule has 0 aliphatic carbocycles. The molecule has 1 saturated heterocycles. The molecule has 1 atom stereocenters. The predicted molar refractivity (Wildman–Crippen MR) is 109 cm³/mol. The number of benzene rings is 2. The Morgan fingerprint density at radius 3 is 2.55 bits per heavy atom. The lowest BCUT2D eigenvalue weighted by atomic mass is 10.2. The van der Waals surface area contributed by atoms with E-state index in [1.54, 1.807) is 23.1 Å². The smallest absolute Gasteiger partial charge is 0.269 e. The molecule has 8 heteroatoms. The molecule has 29 heavy (non-hydrogen) atoms. The Balaban J connectivity index is 1.56. The molecule has 0 saturated carbocycles. The molecule has 1 aliphatic heterocycles. The third-order valence-electron chi connectivity index (χ3n) is 4.46. The fourth-order valence-electron chi connectivity index (χ4n) is 3.07. The Labute approximate surface area is 167 Å². The number of amides is 2. The van der Waals surface area contributed by atoms with Gasteiger partial charge in [-0.05, 0) is 55.0 Å². The molecule has 3 rings (SSSR count). The molecule has 2 aromatic carbocycles. The lowest BCUT2D eigenvalue weighted by Crippen LogP contribution is -2.36. The molecule has 8 nitrogen and oxygen atoms in total. The molecule has 1 aliphatic rings. The third-order valence-corrected chi connectivity index (χ3v) is 4.46. The number of non-ortho nitro benzene ring substituents is 1. The normalized spacial score (nSPS) is 16.2. The van der Waals surface area contributed by atoms with Gasteiger partial charge >= 0.3 is 0 Å². The molecule has 1 unspecified atom stereocenters. The SMILES string of the molecule is CCOc1ccc(N2CC(NC(=O)/C=C/c3ccc([N+](=O)[O-])cc3)CC2=O)cc1. The topological polar surface area (TPSA) is 102 Å². The first-order valence-electron chi connectivity index (χ1n) is 9.22. The van der Waals surface area contributed by atoms with Crippen molar-refractivity contribution in [3.05, 3.63) is 70.3 Å². The van der Waals surface area contributed by atoms with E-state index in [9.17, 15) is 19.7 Å².